The number of likely N-dealkylation sites (tertiary alicyclic amines) is 1. The Hall–Kier alpha value is -2.67. The summed E-state index contributed by atoms with van der Waals surface area (Å²) < 4.78 is 1.86. The predicted molar refractivity (Wildman–Crippen MR) is 98.4 cm³/mol. The van der Waals surface area contributed by atoms with E-state index in [9.17, 15) is 9.59 Å². The standard InChI is InChI=1S/C19H25N5O2/c1-11-17(12(2)24(4)22-11)18-15(9-16(25)23(18)3)21-10-13-6-5-7-14(8-13)19(20)26/h5-8,15,18,21H,9-10H2,1-4H3,(H2,20,26)/t15-,18-/m1/s1. The molecule has 0 bridgehead atoms. The summed E-state index contributed by atoms with van der Waals surface area (Å²) >= 11 is 0. The number of rotatable bonds is 5. The van der Waals surface area contributed by atoms with Crippen LogP contribution in [0.25, 0.3) is 0 Å². The average Bonchev–Trinajstić information content (AvgIpc) is 3.01. The molecule has 3 rings (SSSR count). The van der Waals surface area contributed by atoms with E-state index in [2.05, 4.69) is 10.4 Å². The second-order valence-electron chi connectivity index (χ2n) is 6.91. The van der Waals surface area contributed by atoms with Gasteiger partial charge in [0.15, 0.2) is 0 Å². The van der Waals surface area contributed by atoms with Gasteiger partial charge in [-0.25, -0.2) is 0 Å². The largest absolute Gasteiger partial charge is 0.366 e. The number of nitrogens with two attached hydrogens (primary N) is 1. The smallest absolute Gasteiger partial charge is 0.248 e. The van der Waals surface area contributed by atoms with Gasteiger partial charge in [0.1, 0.15) is 0 Å². The zero-order valence-electron chi connectivity index (χ0n) is 15.6. The van der Waals surface area contributed by atoms with Crippen molar-refractivity contribution >= 4 is 11.8 Å². The first kappa shape index (κ1) is 18.1. The predicted octanol–water partition coefficient (Wildman–Crippen LogP) is 1.20. The van der Waals surface area contributed by atoms with E-state index in [4.69, 9.17) is 5.73 Å². The lowest BCUT2D eigenvalue weighted by Crippen LogP contribution is -2.35. The van der Waals surface area contributed by atoms with Gasteiger partial charge >= 0.3 is 0 Å². The summed E-state index contributed by atoms with van der Waals surface area (Å²) in [4.78, 5) is 25.5. The normalized spacial score (nSPS) is 20.0. The lowest BCUT2D eigenvalue weighted by atomic mass is 9.98. The molecular weight excluding hydrogens is 330 g/mol. The Morgan fingerprint density at radius 2 is 2.08 bits per heavy atom. The number of likely N-dealkylation sites (N-methyl/N-ethyl adjacent to an activating group) is 1. The fraction of sp³-hybridized carbons (Fsp3) is 0.421. The van der Waals surface area contributed by atoms with Crippen LogP contribution in [0.1, 0.15) is 45.3 Å². The van der Waals surface area contributed by atoms with Crippen LogP contribution < -0.4 is 11.1 Å². The van der Waals surface area contributed by atoms with Crippen LogP contribution in [0.15, 0.2) is 24.3 Å². The highest BCUT2D eigenvalue weighted by Gasteiger charge is 2.40. The SMILES string of the molecule is Cc1nn(C)c(C)c1[C@H]1[C@H](NCc2cccc(C(N)=O)c2)CC(=O)N1C. The van der Waals surface area contributed by atoms with Crippen molar-refractivity contribution in [2.24, 2.45) is 12.8 Å². The first-order chi connectivity index (χ1) is 12.3. The van der Waals surface area contributed by atoms with Gasteiger partial charge in [-0.05, 0) is 31.5 Å². The first-order valence-corrected chi connectivity index (χ1v) is 8.67. The summed E-state index contributed by atoms with van der Waals surface area (Å²) in [5, 5.41) is 7.98. The molecule has 2 aromatic rings. The summed E-state index contributed by atoms with van der Waals surface area (Å²) in [5.41, 5.74) is 9.91. The fourth-order valence-electron chi connectivity index (χ4n) is 3.75. The molecule has 0 unspecified atom stereocenters. The maximum absolute atomic E-state index is 12.3. The van der Waals surface area contributed by atoms with E-state index in [1.54, 1.807) is 17.0 Å². The van der Waals surface area contributed by atoms with Crippen LogP contribution in [0, 0.1) is 13.8 Å². The number of hydrogen-bond donors (Lipinski definition) is 2. The van der Waals surface area contributed by atoms with Crippen LogP contribution in [0.4, 0.5) is 0 Å². The van der Waals surface area contributed by atoms with Crippen molar-refractivity contribution in [3.63, 3.8) is 0 Å². The number of amides is 2. The van der Waals surface area contributed by atoms with E-state index in [0.29, 0.717) is 18.5 Å². The van der Waals surface area contributed by atoms with Crippen molar-refractivity contribution in [2.75, 3.05) is 7.05 Å². The van der Waals surface area contributed by atoms with Gasteiger partial charge in [-0.1, -0.05) is 12.1 Å². The third-order valence-electron chi connectivity index (χ3n) is 5.23. The van der Waals surface area contributed by atoms with Crippen molar-refractivity contribution in [1.29, 1.82) is 0 Å². The molecule has 2 amide bonds. The molecule has 2 heterocycles. The molecule has 0 aliphatic carbocycles. The van der Waals surface area contributed by atoms with E-state index < -0.39 is 5.91 Å². The molecule has 0 radical (unpaired) electrons. The van der Waals surface area contributed by atoms with Gasteiger partial charge in [-0.15, -0.1) is 0 Å². The molecule has 3 N–H and O–H groups in total. The summed E-state index contributed by atoms with van der Waals surface area (Å²) in [6.45, 7) is 4.56. The molecule has 7 nitrogen and oxygen atoms in total. The van der Waals surface area contributed by atoms with Gasteiger partial charge in [0.2, 0.25) is 11.8 Å². The first-order valence-electron chi connectivity index (χ1n) is 8.67. The zero-order valence-corrected chi connectivity index (χ0v) is 15.6. The van der Waals surface area contributed by atoms with Crippen LogP contribution in [-0.4, -0.2) is 39.6 Å². The number of benzene rings is 1. The molecule has 2 atom stereocenters. The van der Waals surface area contributed by atoms with Gasteiger partial charge in [0, 0.05) is 49.9 Å². The maximum atomic E-state index is 12.3. The third-order valence-corrected chi connectivity index (χ3v) is 5.23. The van der Waals surface area contributed by atoms with Gasteiger partial charge < -0.3 is 16.0 Å². The number of primary amides is 1. The van der Waals surface area contributed by atoms with Gasteiger partial charge in [0.05, 0.1) is 11.7 Å². The molecule has 1 aliphatic rings. The minimum Gasteiger partial charge on any atom is -0.366 e. The number of hydrogen-bond acceptors (Lipinski definition) is 4. The Morgan fingerprint density at radius 1 is 1.35 bits per heavy atom. The quantitative estimate of drug-likeness (QED) is 0.843. The minimum atomic E-state index is -0.442. The van der Waals surface area contributed by atoms with Crippen LogP contribution in [-0.2, 0) is 18.4 Å². The number of nitrogens with zero attached hydrogens (tertiary/aromatic N) is 3. The summed E-state index contributed by atoms with van der Waals surface area (Å²) in [6.07, 6.45) is 0.435. The number of carbonyl (C=O) groups excluding carboxylic acids is 2. The molecule has 7 heteroatoms. The van der Waals surface area contributed by atoms with Crippen molar-refractivity contribution in [3.05, 3.63) is 52.3 Å². The highest BCUT2D eigenvalue weighted by atomic mass is 16.2. The van der Waals surface area contributed by atoms with Crippen molar-refractivity contribution in [2.45, 2.75) is 38.9 Å². The summed E-state index contributed by atoms with van der Waals surface area (Å²) in [6, 6.07) is 7.16. The van der Waals surface area contributed by atoms with E-state index in [1.165, 1.54) is 0 Å². The van der Waals surface area contributed by atoms with Gasteiger partial charge in [-0.3, -0.25) is 14.3 Å². The Labute approximate surface area is 153 Å². The second-order valence-corrected chi connectivity index (χ2v) is 6.91. The van der Waals surface area contributed by atoms with Crippen molar-refractivity contribution in [3.8, 4) is 0 Å². The Bertz CT molecular complexity index is 858. The van der Waals surface area contributed by atoms with Gasteiger partial charge in [-0.2, -0.15) is 5.10 Å². The summed E-state index contributed by atoms with van der Waals surface area (Å²) in [5.74, 6) is -0.330. The Balaban J connectivity index is 1.83. The topological polar surface area (TPSA) is 93.2 Å². The minimum absolute atomic E-state index is 0.0219. The summed E-state index contributed by atoms with van der Waals surface area (Å²) in [7, 11) is 3.76. The number of nitrogens with one attached hydrogen (secondary N) is 1. The molecule has 0 spiro atoms. The molecule has 138 valence electrons. The molecular formula is C19H25N5O2. The Kier molecular flexibility index (Phi) is 4.82. The Morgan fingerprint density at radius 3 is 2.69 bits per heavy atom. The lowest BCUT2D eigenvalue weighted by Gasteiger charge is -2.26. The number of carbonyl (C=O) groups is 2. The second kappa shape index (κ2) is 6.92. The fourth-order valence-corrected chi connectivity index (χ4v) is 3.75. The average molecular weight is 355 g/mol. The third kappa shape index (κ3) is 3.22. The van der Waals surface area contributed by atoms with E-state index in [-0.39, 0.29) is 18.0 Å². The van der Waals surface area contributed by atoms with Crippen LogP contribution in [0.5, 0.6) is 0 Å². The highest BCUT2D eigenvalue weighted by Crippen LogP contribution is 2.35. The zero-order chi connectivity index (χ0) is 19.0. The van der Waals surface area contributed by atoms with Crippen molar-refractivity contribution < 1.29 is 9.59 Å². The van der Waals surface area contributed by atoms with Crippen molar-refractivity contribution in [1.82, 2.24) is 20.0 Å². The van der Waals surface area contributed by atoms with E-state index in [0.717, 1.165) is 22.5 Å². The van der Waals surface area contributed by atoms with Crippen LogP contribution >= 0.6 is 0 Å². The highest BCUT2D eigenvalue weighted by molar-refractivity contribution is 5.92. The van der Waals surface area contributed by atoms with Crippen LogP contribution in [0.2, 0.25) is 0 Å². The molecule has 1 fully saturated rings. The molecule has 1 saturated heterocycles. The number of aryl methyl sites for hydroxylation is 2. The lowest BCUT2D eigenvalue weighted by molar-refractivity contribution is -0.127. The monoisotopic (exact) mass is 355 g/mol. The van der Waals surface area contributed by atoms with Gasteiger partial charge in [0.25, 0.3) is 0 Å². The molecule has 0 saturated carbocycles. The maximum Gasteiger partial charge on any atom is 0.248 e. The molecule has 26 heavy (non-hydrogen) atoms. The number of aromatic nitrogens is 2. The molecule has 1 aromatic heterocycles. The van der Waals surface area contributed by atoms with E-state index >= 15 is 0 Å². The molecule has 1 aromatic carbocycles. The molecule has 1 aliphatic heterocycles. The van der Waals surface area contributed by atoms with E-state index in [1.807, 2.05) is 44.8 Å². The van der Waals surface area contributed by atoms with Crippen LogP contribution in [0.3, 0.4) is 0 Å².